The van der Waals surface area contributed by atoms with Crippen molar-refractivity contribution in [2.75, 3.05) is 18.5 Å². The molecule has 0 aliphatic rings. The summed E-state index contributed by atoms with van der Waals surface area (Å²) in [7, 11) is 0. The molecule has 2 N–H and O–H groups in total. The van der Waals surface area contributed by atoms with E-state index in [1.807, 2.05) is 32.0 Å². The Morgan fingerprint density at radius 1 is 1.12 bits per heavy atom. The van der Waals surface area contributed by atoms with Crippen LogP contribution in [0.5, 0.6) is 11.5 Å². The fourth-order valence-electron chi connectivity index (χ4n) is 2.08. The van der Waals surface area contributed by atoms with Gasteiger partial charge in [0.15, 0.2) is 5.11 Å². The van der Waals surface area contributed by atoms with Crippen LogP contribution >= 0.6 is 12.2 Å². The summed E-state index contributed by atoms with van der Waals surface area (Å²) in [4.78, 5) is 12.2. The van der Waals surface area contributed by atoms with Crippen molar-refractivity contribution in [3.05, 3.63) is 66.2 Å². The first-order valence-corrected chi connectivity index (χ1v) is 8.61. The Bertz CT molecular complexity index is 788. The summed E-state index contributed by atoms with van der Waals surface area (Å²) in [5.41, 5.74) is 2.15. The van der Waals surface area contributed by atoms with E-state index in [-0.39, 0.29) is 11.0 Å². The summed E-state index contributed by atoms with van der Waals surface area (Å²) < 4.78 is 10.9. The summed E-state index contributed by atoms with van der Waals surface area (Å²) in [6.45, 7) is 8.63. The van der Waals surface area contributed by atoms with Crippen LogP contribution in [0.4, 0.5) is 5.69 Å². The van der Waals surface area contributed by atoms with Crippen molar-refractivity contribution in [3.63, 3.8) is 0 Å². The van der Waals surface area contributed by atoms with Crippen molar-refractivity contribution in [2.24, 2.45) is 0 Å². The van der Waals surface area contributed by atoms with Crippen molar-refractivity contribution >= 4 is 28.9 Å². The van der Waals surface area contributed by atoms with Crippen molar-refractivity contribution in [3.8, 4) is 11.5 Å². The zero-order valence-corrected chi connectivity index (χ0v) is 15.7. The third-order valence-electron chi connectivity index (χ3n) is 3.23. The first-order valence-electron chi connectivity index (χ1n) is 8.20. The highest BCUT2D eigenvalue weighted by atomic mass is 32.1. The number of hydrogen-bond acceptors (Lipinski definition) is 4. The maximum atomic E-state index is 12.2. The molecule has 0 spiro atoms. The van der Waals surface area contributed by atoms with Crippen LogP contribution in [0.1, 0.15) is 24.2 Å². The Morgan fingerprint density at radius 3 is 2.50 bits per heavy atom. The topological polar surface area (TPSA) is 59.6 Å². The van der Waals surface area contributed by atoms with E-state index in [4.69, 9.17) is 21.7 Å². The van der Waals surface area contributed by atoms with Gasteiger partial charge in [-0.3, -0.25) is 10.1 Å². The minimum Gasteiger partial charge on any atom is -0.494 e. The van der Waals surface area contributed by atoms with Crippen LogP contribution in [-0.4, -0.2) is 24.2 Å². The molecule has 0 radical (unpaired) electrons. The molecule has 2 aromatic carbocycles. The lowest BCUT2D eigenvalue weighted by molar-refractivity contribution is 0.0977. The molecule has 0 unspecified atom stereocenters. The molecule has 0 aliphatic heterocycles. The number of anilines is 1. The number of thiocarbonyl (C=S) groups is 1. The van der Waals surface area contributed by atoms with E-state index < -0.39 is 0 Å². The number of hydrogen-bond donors (Lipinski definition) is 2. The number of benzene rings is 2. The summed E-state index contributed by atoms with van der Waals surface area (Å²) in [5.74, 6) is 1.12. The predicted octanol–water partition coefficient (Wildman–Crippen LogP) is 4.17. The van der Waals surface area contributed by atoms with Gasteiger partial charge in [0, 0.05) is 17.3 Å². The molecule has 0 atom stereocenters. The number of carbonyl (C=O) groups is 1. The maximum absolute atomic E-state index is 12.2. The number of ether oxygens (including phenoxy) is 2. The van der Waals surface area contributed by atoms with Crippen molar-refractivity contribution in [2.45, 2.75) is 13.8 Å². The van der Waals surface area contributed by atoms with Gasteiger partial charge in [0.1, 0.15) is 18.1 Å². The average molecular weight is 370 g/mol. The standard InChI is InChI=1S/C20H22N2O3S/c1-4-24-17-10-8-15(9-11-17)19(23)22-20(26)21-16-6-5-7-18(12-16)25-13-14(2)3/h5-12H,2,4,13H2,1,3H3,(H2,21,22,23,26). The molecule has 26 heavy (non-hydrogen) atoms. The fraction of sp³-hybridized carbons (Fsp3) is 0.200. The predicted molar refractivity (Wildman–Crippen MR) is 108 cm³/mol. The lowest BCUT2D eigenvalue weighted by Crippen LogP contribution is -2.34. The van der Waals surface area contributed by atoms with Gasteiger partial charge in [-0.25, -0.2) is 0 Å². The highest BCUT2D eigenvalue weighted by Crippen LogP contribution is 2.18. The number of carbonyl (C=O) groups excluding carboxylic acids is 1. The van der Waals surface area contributed by atoms with Gasteiger partial charge in [0.25, 0.3) is 5.91 Å². The van der Waals surface area contributed by atoms with Crippen molar-refractivity contribution in [1.29, 1.82) is 0 Å². The van der Waals surface area contributed by atoms with Crippen molar-refractivity contribution in [1.82, 2.24) is 5.32 Å². The first-order chi connectivity index (χ1) is 12.5. The molecule has 5 nitrogen and oxygen atoms in total. The third kappa shape index (κ3) is 6.22. The molecule has 0 fully saturated rings. The average Bonchev–Trinajstić information content (AvgIpc) is 2.61. The SMILES string of the molecule is C=C(C)COc1cccc(NC(=S)NC(=O)c2ccc(OCC)cc2)c1. The molecule has 1 amide bonds. The molecule has 0 heterocycles. The Hall–Kier alpha value is -2.86. The van der Waals surface area contributed by atoms with Crippen LogP contribution in [0, 0.1) is 0 Å². The third-order valence-corrected chi connectivity index (χ3v) is 3.44. The molecule has 2 rings (SSSR count). The van der Waals surface area contributed by atoms with Crippen molar-refractivity contribution < 1.29 is 14.3 Å². The Balaban J connectivity index is 1.92. The maximum Gasteiger partial charge on any atom is 0.257 e. The van der Waals surface area contributed by atoms with E-state index in [1.165, 1.54) is 0 Å². The van der Waals surface area contributed by atoms with Gasteiger partial charge in [0.05, 0.1) is 6.61 Å². The summed E-state index contributed by atoms with van der Waals surface area (Å²) in [6.07, 6.45) is 0. The monoisotopic (exact) mass is 370 g/mol. The Labute approximate surface area is 159 Å². The highest BCUT2D eigenvalue weighted by Gasteiger charge is 2.08. The molecule has 0 aliphatic carbocycles. The number of amides is 1. The first kappa shape index (κ1) is 19.5. The van der Waals surface area contributed by atoms with Crippen LogP contribution in [0.25, 0.3) is 0 Å². The van der Waals surface area contributed by atoms with E-state index in [2.05, 4.69) is 17.2 Å². The molecule has 6 heteroatoms. The number of nitrogens with one attached hydrogen (secondary N) is 2. The van der Waals surface area contributed by atoms with Crippen LogP contribution < -0.4 is 20.1 Å². The molecule has 0 aromatic heterocycles. The second-order valence-corrected chi connectivity index (χ2v) is 6.05. The Kier molecular flexibility index (Phi) is 7.17. The van der Waals surface area contributed by atoms with Gasteiger partial charge in [-0.05, 0) is 68.0 Å². The van der Waals surface area contributed by atoms with Gasteiger partial charge >= 0.3 is 0 Å². The molecular weight excluding hydrogens is 348 g/mol. The minimum atomic E-state index is -0.291. The van der Waals surface area contributed by atoms with Gasteiger partial charge in [-0.2, -0.15) is 0 Å². The van der Waals surface area contributed by atoms with Crippen LogP contribution in [-0.2, 0) is 0 Å². The van der Waals surface area contributed by atoms with Gasteiger partial charge in [0.2, 0.25) is 0 Å². The van der Waals surface area contributed by atoms with E-state index in [0.717, 1.165) is 17.0 Å². The number of rotatable bonds is 7. The molecule has 0 saturated heterocycles. The van der Waals surface area contributed by atoms with E-state index in [9.17, 15) is 4.79 Å². The smallest absolute Gasteiger partial charge is 0.257 e. The second kappa shape index (κ2) is 9.58. The molecule has 136 valence electrons. The van der Waals surface area contributed by atoms with Gasteiger partial charge in [-0.1, -0.05) is 12.6 Å². The molecule has 0 bridgehead atoms. The zero-order chi connectivity index (χ0) is 18.9. The minimum absolute atomic E-state index is 0.209. The van der Waals surface area contributed by atoms with Gasteiger partial charge < -0.3 is 14.8 Å². The molecule has 0 saturated carbocycles. The summed E-state index contributed by atoms with van der Waals surface area (Å²) in [5, 5.41) is 5.84. The highest BCUT2D eigenvalue weighted by molar-refractivity contribution is 7.80. The van der Waals surface area contributed by atoms with E-state index in [0.29, 0.717) is 24.5 Å². The Morgan fingerprint density at radius 2 is 1.85 bits per heavy atom. The van der Waals surface area contributed by atoms with Crippen LogP contribution in [0.2, 0.25) is 0 Å². The van der Waals surface area contributed by atoms with Gasteiger partial charge in [-0.15, -0.1) is 0 Å². The summed E-state index contributed by atoms with van der Waals surface area (Å²) in [6, 6.07) is 14.2. The largest absolute Gasteiger partial charge is 0.494 e. The fourth-order valence-corrected chi connectivity index (χ4v) is 2.29. The lowest BCUT2D eigenvalue weighted by Gasteiger charge is -2.12. The molecule has 2 aromatic rings. The van der Waals surface area contributed by atoms with Crippen LogP contribution in [0.15, 0.2) is 60.7 Å². The van der Waals surface area contributed by atoms with Crippen LogP contribution in [0.3, 0.4) is 0 Å². The molecular formula is C20H22N2O3S. The quantitative estimate of drug-likeness (QED) is 0.566. The second-order valence-electron chi connectivity index (χ2n) is 5.64. The summed E-state index contributed by atoms with van der Waals surface area (Å²) >= 11 is 5.21. The normalized spacial score (nSPS) is 9.92. The van der Waals surface area contributed by atoms with E-state index in [1.54, 1.807) is 30.3 Å². The lowest BCUT2D eigenvalue weighted by atomic mass is 10.2. The zero-order valence-electron chi connectivity index (χ0n) is 14.9. The van der Waals surface area contributed by atoms with E-state index >= 15 is 0 Å².